The van der Waals surface area contributed by atoms with Gasteiger partial charge in [0.1, 0.15) is 0 Å². The summed E-state index contributed by atoms with van der Waals surface area (Å²) in [6.07, 6.45) is 5.42. The van der Waals surface area contributed by atoms with Crippen molar-refractivity contribution in [3.8, 4) is 0 Å². The molecule has 1 saturated heterocycles. The smallest absolute Gasteiger partial charge is 0.191 e. The van der Waals surface area contributed by atoms with Gasteiger partial charge in [0.05, 0.1) is 0 Å². The third kappa shape index (κ3) is 6.14. The zero-order valence-electron chi connectivity index (χ0n) is 13.8. The van der Waals surface area contributed by atoms with E-state index >= 15 is 0 Å². The Kier molecular flexibility index (Phi) is 8.13. The van der Waals surface area contributed by atoms with Gasteiger partial charge >= 0.3 is 0 Å². The molecule has 0 radical (unpaired) electrons. The minimum Gasteiger partial charge on any atom is -0.355 e. The molecule has 0 bridgehead atoms. The number of nitrogens with one attached hydrogen (secondary N) is 2. The summed E-state index contributed by atoms with van der Waals surface area (Å²) >= 11 is 2.09. The summed E-state index contributed by atoms with van der Waals surface area (Å²) in [6.45, 7) is 4.35. The molecular formula is C15H31IN4S. The summed E-state index contributed by atoms with van der Waals surface area (Å²) in [5.41, 5.74) is 0. The quantitative estimate of drug-likeness (QED) is 0.389. The lowest BCUT2D eigenvalue weighted by molar-refractivity contribution is 0.264. The molecule has 2 rings (SSSR count). The van der Waals surface area contributed by atoms with Gasteiger partial charge in [-0.1, -0.05) is 0 Å². The maximum atomic E-state index is 4.36. The van der Waals surface area contributed by atoms with E-state index < -0.39 is 0 Å². The fraction of sp³-hybridized carbons (Fsp3) is 0.933. The van der Waals surface area contributed by atoms with E-state index in [0.29, 0.717) is 10.8 Å². The molecule has 0 aromatic carbocycles. The molecule has 1 saturated carbocycles. The van der Waals surface area contributed by atoms with E-state index in [9.17, 15) is 0 Å². The second-order valence-electron chi connectivity index (χ2n) is 6.58. The molecule has 2 aliphatic rings. The molecule has 1 heterocycles. The third-order valence-corrected chi connectivity index (χ3v) is 6.00. The van der Waals surface area contributed by atoms with E-state index in [2.05, 4.69) is 53.3 Å². The van der Waals surface area contributed by atoms with Gasteiger partial charge in [0, 0.05) is 30.9 Å². The number of hydrogen-bond acceptors (Lipinski definition) is 3. The van der Waals surface area contributed by atoms with Crippen LogP contribution in [-0.4, -0.2) is 61.6 Å². The third-order valence-electron chi connectivity index (χ3n) is 4.46. The maximum absolute atomic E-state index is 4.36. The summed E-state index contributed by atoms with van der Waals surface area (Å²) in [7, 11) is 6.22. The van der Waals surface area contributed by atoms with Crippen LogP contribution in [0, 0.1) is 5.92 Å². The van der Waals surface area contributed by atoms with Gasteiger partial charge in [-0.15, -0.1) is 24.0 Å². The molecule has 0 amide bonds. The van der Waals surface area contributed by atoms with Crippen LogP contribution in [0.4, 0.5) is 0 Å². The van der Waals surface area contributed by atoms with Gasteiger partial charge < -0.3 is 15.5 Å². The van der Waals surface area contributed by atoms with Gasteiger partial charge in [-0.05, 0) is 58.4 Å². The maximum Gasteiger partial charge on any atom is 0.191 e. The highest BCUT2D eigenvalue weighted by Gasteiger charge is 2.33. The van der Waals surface area contributed by atoms with Crippen LogP contribution in [0.25, 0.3) is 0 Å². The van der Waals surface area contributed by atoms with Crippen LogP contribution < -0.4 is 10.6 Å². The lowest BCUT2D eigenvalue weighted by Gasteiger charge is -2.27. The Labute approximate surface area is 151 Å². The predicted molar refractivity (Wildman–Crippen MR) is 105 cm³/mol. The minimum atomic E-state index is 0. The van der Waals surface area contributed by atoms with E-state index in [0.717, 1.165) is 25.0 Å². The number of rotatable bonds is 6. The molecule has 2 N–H and O–H groups in total. The van der Waals surface area contributed by atoms with Crippen molar-refractivity contribution in [3.05, 3.63) is 0 Å². The Bertz CT molecular complexity index is 337. The number of halogens is 1. The Morgan fingerprint density at radius 2 is 2.10 bits per heavy atom. The normalized spacial score (nSPS) is 27.4. The summed E-state index contributed by atoms with van der Waals surface area (Å²) in [5.74, 6) is 3.12. The molecular weight excluding hydrogens is 395 g/mol. The van der Waals surface area contributed by atoms with Crippen molar-refractivity contribution < 1.29 is 0 Å². The molecule has 1 aliphatic heterocycles. The molecule has 124 valence electrons. The van der Waals surface area contributed by atoms with Crippen molar-refractivity contribution in [2.45, 2.75) is 43.4 Å². The first-order chi connectivity index (χ1) is 9.54. The molecule has 4 nitrogen and oxygen atoms in total. The van der Waals surface area contributed by atoms with Crippen molar-refractivity contribution in [2.24, 2.45) is 10.9 Å². The number of nitrogens with zero attached hydrogens (tertiary/aromatic N) is 2. The highest BCUT2D eigenvalue weighted by atomic mass is 127. The second kappa shape index (κ2) is 8.82. The fourth-order valence-corrected chi connectivity index (χ4v) is 4.17. The average Bonchev–Trinajstić information content (AvgIpc) is 3.15. The summed E-state index contributed by atoms with van der Waals surface area (Å²) < 4.78 is 0.384. The molecule has 0 aromatic heterocycles. The van der Waals surface area contributed by atoms with Gasteiger partial charge in [0.2, 0.25) is 0 Å². The van der Waals surface area contributed by atoms with E-state index in [4.69, 9.17) is 0 Å². The van der Waals surface area contributed by atoms with Gasteiger partial charge in [0.25, 0.3) is 0 Å². The van der Waals surface area contributed by atoms with Crippen LogP contribution in [0.5, 0.6) is 0 Å². The first kappa shape index (κ1) is 19.4. The Morgan fingerprint density at radius 1 is 1.38 bits per heavy atom. The fourth-order valence-electron chi connectivity index (χ4n) is 2.92. The summed E-state index contributed by atoms with van der Waals surface area (Å²) in [5, 5.41) is 7.01. The largest absolute Gasteiger partial charge is 0.355 e. The standard InChI is InChI=1S/C15H30N4S.HI/c1-15(8-5-9-20-15)11-18-14(16-2)17-10-13(19(3)4)12-6-7-12;/h12-13H,5-11H2,1-4H3,(H2,16,17,18);1H. The first-order valence-electron chi connectivity index (χ1n) is 7.79. The zero-order valence-corrected chi connectivity index (χ0v) is 17.0. The highest BCUT2D eigenvalue weighted by Crippen LogP contribution is 2.37. The molecule has 21 heavy (non-hydrogen) atoms. The zero-order chi connectivity index (χ0) is 14.6. The molecule has 0 spiro atoms. The van der Waals surface area contributed by atoms with Crippen molar-refractivity contribution in [1.29, 1.82) is 0 Å². The van der Waals surface area contributed by atoms with E-state index in [1.165, 1.54) is 31.4 Å². The van der Waals surface area contributed by atoms with Crippen LogP contribution in [0.1, 0.15) is 32.6 Å². The van der Waals surface area contributed by atoms with E-state index in [1.54, 1.807) is 0 Å². The van der Waals surface area contributed by atoms with Crippen molar-refractivity contribution in [1.82, 2.24) is 15.5 Å². The van der Waals surface area contributed by atoms with Crippen LogP contribution in [0.2, 0.25) is 0 Å². The van der Waals surface area contributed by atoms with Crippen LogP contribution in [0.3, 0.4) is 0 Å². The number of thioether (sulfide) groups is 1. The molecule has 0 aromatic rings. The molecule has 1 aliphatic carbocycles. The number of hydrogen-bond donors (Lipinski definition) is 2. The van der Waals surface area contributed by atoms with Crippen LogP contribution in [-0.2, 0) is 0 Å². The molecule has 6 heteroatoms. The minimum absolute atomic E-state index is 0. The molecule has 2 atom stereocenters. The van der Waals surface area contributed by atoms with Gasteiger partial charge in [-0.3, -0.25) is 4.99 Å². The van der Waals surface area contributed by atoms with Gasteiger partial charge in [-0.25, -0.2) is 0 Å². The average molecular weight is 426 g/mol. The SMILES string of the molecule is CN=C(NCC(C1CC1)N(C)C)NCC1(C)CCCS1.I. The Balaban J connectivity index is 0.00000220. The first-order valence-corrected chi connectivity index (χ1v) is 8.77. The monoisotopic (exact) mass is 426 g/mol. The lowest BCUT2D eigenvalue weighted by atomic mass is 10.1. The number of aliphatic imine (C=N–C) groups is 1. The van der Waals surface area contributed by atoms with E-state index in [1.807, 2.05) is 7.05 Å². The van der Waals surface area contributed by atoms with Crippen molar-refractivity contribution >= 4 is 41.7 Å². The summed E-state index contributed by atoms with van der Waals surface area (Å²) in [4.78, 5) is 6.70. The van der Waals surface area contributed by atoms with Crippen LogP contribution in [0.15, 0.2) is 4.99 Å². The Hall–Kier alpha value is 0.310. The van der Waals surface area contributed by atoms with Gasteiger partial charge in [-0.2, -0.15) is 11.8 Å². The predicted octanol–water partition coefficient (Wildman–Crippen LogP) is 2.40. The summed E-state index contributed by atoms with van der Waals surface area (Å²) in [6, 6.07) is 0.630. The highest BCUT2D eigenvalue weighted by molar-refractivity contribution is 14.0. The Morgan fingerprint density at radius 3 is 2.57 bits per heavy atom. The van der Waals surface area contributed by atoms with Crippen LogP contribution >= 0.6 is 35.7 Å². The van der Waals surface area contributed by atoms with Crippen molar-refractivity contribution in [2.75, 3.05) is 40.0 Å². The van der Waals surface area contributed by atoms with E-state index in [-0.39, 0.29) is 24.0 Å². The topological polar surface area (TPSA) is 39.7 Å². The molecule has 2 unspecified atom stereocenters. The van der Waals surface area contributed by atoms with Gasteiger partial charge in [0.15, 0.2) is 5.96 Å². The number of guanidine groups is 1. The van der Waals surface area contributed by atoms with Crippen molar-refractivity contribution in [3.63, 3.8) is 0 Å². The lowest BCUT2D eigenvalue weighted by Crippen LogP contribution is -2.48. The second-order valence-corrected chi connectivity index (χ2v) is 8.26. The number of likely N-dealkylation sites (N-methyl/N-ethyl adjacent to an activating group) is 1. The molecule has 2 fully saturated rings.